The number of carbonyl (C=O) groups excluding carboxylic acids is 1. The number of rotatable bonds is 7. The maximum absolute atomic E-state index is 12.5. The highest BCUT2D eigenvalue weighted by Crippen LogP contribution is 2.22. The van der Waals surface area contributed by atoms with Crippen molar-refractivity contribution in [1.82, 2.24) is 5.32 Å². The monoisotopic (exact) mass is 315 g/mol. The first-order chi connectivity index (χ1) is 10.6. The molecule has 1 atom stereocenters. The second-order valence-electron chi connectivity index (χ2n) is 5.78. The summed E-state index contributed by atoms with van der Waals surface area (Å²) in [6.07, 6.45) is 0. The summed E-state index contributed by atoms with van der Waals surface area (Å²) in [6, 6.07) is 17.8. The highest BCUT2D eigenvalue weighted by molar-refractivity contribution is 6.30. The van der Waals surface area contributed by atoms with E-state index in [1.165, 1.54) is 5.56 Å². The third-order valence-corrected chi connectivity index (χ3v) is 3.96. The number of carbonyl (C=O) groups is 1. The lowest BCUT2D eigenvalue weighted by Crippen LogP contribution is -2.29. The highest BCUT2D eigenvalue weighted by Gasteiger charge is 2.22. The first kappa shape index (κ1) is 16.7. The van der Waals surface area contributed by atoms with Gasteiger partial charge in [-0.25, -0.2) is 0 Å². The summed E-state index contributed by atoms with van der Waals surface area (Å²) < 4.78 is 0. The lowest BCUT2D eigenvalue weighted by molar-refractivity contribution is -0.123. The number of benzene rings is 2. The Hall–Kier alpha value is -1.64. The van der Waals surface area contributed by atoms with E-state index in [1.807, 2.05) is 56.3 Å². The molecule has 22 heavy (non-hydrogen) atoms. The molecule has 1 N–H and O–H groups in total. The quantitative estimate of drug-likeness (QED) is 0.818. The summed E-state index contributed by atoms with van der Waals surface area (Å²) in [6.45, 7) is 5.29. The van der Waals surface area contributed by atoms with E-state index in [4.69, 9.17) is 11.6 Å². The molecule has 0 amide bonds. The van der Waals surface area contributed by atoms with Crippen molar-refractivity contribution in [3.63, 3.8) is 0 Å². The van der Waals surface area contributed by atoms with Crippen molar-refractivity contribution in [2.75, 3.05) is 6.54 Å². The van der Waals surface area contributed by atoms with Crippen molar-refractivity contribution in [3.05, 3.63) is 70.7 Å². The minimum Gasteiger partial charge on any atom is -0.312 e. The van der Waals surface area contributed by atoms with E-state index in [1.54, 1.807) is 0 Å². The number of hydrogen-bond acceptors (Lipinski definition) is 2. The van der Waals surface area contributed by atoms with Crippen molar-refractivity contribution in [3.8, 4) is 0 Å². The number of Topliss-reactive ketones (excluding diaryl/α,β-unsaturated/α-hetero) is 1. The molecule has 0 bridgehead atoms. The molecule has 3 heteroatoms. The minimum atomic E-state index is -0.138. The van der Waals surface area contributed by atoms with Crippen molar-refractivity contribution in [1.29, 1.82) is 0 Å². The molecular formula is C19H22ClNO. The predicted molar refractivity (Wildman–Crippen MR) is 92.2 cm³/mol. The van der Waals surface area contributed by atoms with Gasteiger partial charge in [0.05, 0.1) is 5.92 Å². The zero-order chi connectivity index (χ0) is 15.9. The Kier molecular flexibility index (Phi) is 6.17. The number of hydrogen-bond donors (Lipinski definition) is 1. The molecule has 0 saturated heterocycles. The first-order valence-electron chi connectivity index (χ1n) is 7.61. The molecule has 0 fully saturated rings. The van der Waals surface area contributed by atoms with Crippen LogP contribution >= 0.6 is 11.6 Å². The molecule has 116 valence electrons. The number of nitrogens with one attached hydrogen (secondary N) is 1. The van der Waals surface area contributed by atoms with Crippen LogP contribution in [0.2, 0.25) is 5.02 Å². The Morgan fingerprint density at radius 3 is 2.27 bits per heavy atom. The molecular weight excluding hydrogens is 294 g/mol. The van der Waals surface area contributed by atoms with Gasteiger partial charge in [-0.3, -0.25) is 4.79 Å². The summed E-state index contributed by atoms with van der Waals surface area (Å²) >= 11 is 5.94. The standard InChI is InChI=1S/C19H22ClNO/c1-14(2)19(22)18(16-8-10-17(20)11-9-16)13-21-12-15-6-4-3-5-7-15/h3-11,14,18,21H,12-13H2,1-2H3. The largest absolute Gasteiger partial charge is 0.312 e. The van der Waals surface area contributed by atoms with Crippen LogP contribution in [0, 0.1) is 5.92 Å². The first-order valence-corrected chi connectivity index (χ1v) is 7.99. The van der Waals surface area contributed by atoms with Crippen molar-refractivity contribution in [2.45, 2.75) is 26.3 Å². The van der Waals surface area contributed by atoms with Crippen LogP contribution in [0.4, 0.5) is 0 Å². The predicted octanol–water partition coefficient (Wildman–Crippen LogP) is 4.44. The fourth-order valence-electron chi connectivity index (χ4n) is 2.44. The molecule has 0 aliphatic carbocycles. The SMILES string of the molecule is CC(C)C(=O)C(CNCc1ccccc1)c1ccc(Cl)cc1. The Labute approximate surface area is 137 Å². The van der Waals surface area contributed by atoms with Crippen molar-refractivity contribution < 1.29 is 4.79 Å². The Bertz CT molecular complexity index is 593. The second-order valence-corrected chi connectivity index (χ2v) is 6.21. The maximum atomic E-state index is 12.5. The van der Waals surface area contributed by atoms with Gasteiger partial charge in [-0.1, -0.05) is 67.9 Å². The van der Waals surface area contributed by atoms with Gasteiger partial charge >= 0.3 is 0 Å². The van der Waals surface area contributed by atoms with Crippen LogP contribution in [0.15, 0.2) is 54.6 Å². The maximum Gasteiger partial charge on any atom is 0.144 e. The molecule has 1 unspecified atom stereocenters. The van der Waals surface area contributed by atoms with E-state index < -0.39 is 0 Å². The molecule has 0 aliphatic rings. The van der Waals surface area contributed by atoms with Gasteiger partial charge < -0.3 is 5.32 Å². The molecule has 2 nitrogen and oxygen atoms in total. The van der Waals surface area contributed by atoms with Crippen LogP contribution < -0.4 is 5.32 Å². The summed E-state index contributed by atoms with van der Waals surface area (Å²) in [5.41, 5.74) is 2.23. The fourth-order valence-corrected chi connectivity index (χ4v) is 2.56. The zero-order valence-electron chi connectivity index (χ0n) is 13.1. The molecule has 0 aliphatic heterocycles. The van der Waals surface area contributed by atoms with Gasteiger partial charge in [-0.05, 0) is 23.3 Å². The molecule has 2 aromatic rings. The van der Waals surface area contributed by atoms with E-state index in [0.717, 1.165) is 12.1 Å². The topological polar surface area (TPSA) is 29.1 Å². The molecule has 0 saturated carbocycles. The summed E-state index contributed by atoms with van der Waals surface area (Å²) in [4.78, 5) is 12.5. The molecule has 2 rings (SSSR count). The van der Waals surface area contributed by atoms with E-state index in [9.17, 15) is 4.79 Å². The Morgan fingerprint density at radius 2 is 1.68 bits per heavy atom. The van der Waals surface area contributed by atoms with Crippen LogP contribution in [0.25, 0.3) is 0 Å². The molecule has 0 radical (unpaired) electrons. The number of ketones is 1. The van der Waals surface area contributed by atoms with Crippen LogP contribution in [0.3, 0.4) is 0 Å². The van der Waals surface area contributed by atoms with Crippen LogP contribution in [0.5, 0.6) is 0 Å². The molecule has 0 heterocycles. The Balaban J connectivity index is 2.05. The molecule has 2 aromatic carbocycles. The zero-order valence-corrected chi connectivity index (χ0v) is 13.8. The fraction of sp³-hybridized carbons (Fsp3) is 0.316. The third-order valence-electron chi connectivity index (χ3n) is 3.71. The van der Waals surface area contributed by atoms with E-state index in [-0.39, 0.29) is 17.6 Å². The van der Waals surface area contributed by atoms with E-state index >= 15 is 0 Å². The van der Waals surface area contributed by atoms with Gasteiger partial charge in [0.15, 0.2) is 0 Å². The van der Waals surface area contributed by atoms with Crippen molar-refractivity contribution in [2.24, 2.45) is 5.92 Å². The van der Waals surface area contributed by atoms with Gasteiger partial charge in [0.1, 0.15) is 5.78 Å². The average molecular weight is 316 g/mol. The minimum absolute atomic E-state index is 0.0132. The average Bonchev–Trinajstić information content (AvgIpc) is 2.53. The lowest BCUT2D eigenvalue weighted by atomic mass is 9.89. The van der Waals surface area contributed by atoms with Crippen LogP contribution in [-0.2, 0) is 11.3 Å². The van der Waals surface area contributed by atoms with E-state index in [0.29, 0.717) is 11.6 Å². The van der Waals surface area contributed by atoms with Gasteiger partial charge in [0.25, 0.3) is 0 Å². The van der Waals surface area contributed by atoms with Crippen LogP contribution in [-0.4, -0.2) is 12.3 Å². The van der Waals surface area contributed by atoms with Gasteiger partial charge in [0.2, 0.25) is 0 Å². The number of halogens is 1. The molecule has 0 aromatic heterocycles. The smallest absolute Gasteiger partial charge is 0.144 e. The lowest BCUT2D eigenvalue weighted by Gasteiger charge is -2.19. The van der Waals surface area contributed by atoms with Gasteiger partial charge in [-0.15, -0.1) is 0 Å². The van der Waals surface area contributed by atoms with E-state index in [2.05, 4.69) is 17.4 Å². The summed E-state index contributed by atoms with van der Waals surface area (Å²) in [7, 11) is 0. The van der Waals surface area contributed by atoms with Gasteiger partial charge in [-0.2, -0.15) is 0 Å². The normalized spacial score (nSPS) is 12.4. The van der Waals surface area contributed by atoms with Crippen molar-refractivity contribution >= 4 is 17.4 Å². The van der Waals surface area contributed by atoms with Gasteiger partial charge in [0, 0.05) is 24.0 Å². The van der Waals surface area contributed by atoms with Crippen LogP contribution in [0.1, 0.15) is 30.9 Å². The highest BCUT2D eigenvalue weighted by atomic mass is 35.5. The Morgan fingerprint density at radius 1 is 1.05 bits per heavy atom. The molecule has 0 spiro atoms. The third kappa shape index (κ3) is 4.69. The summed E-state index contributed by atoms with van der Waals surface area (Å²) in [5.74, 6) is 0.128. The summed E-state index contributed by atoms with van der Waals surface area (Å²) in [5, 5.41) is 4.09. The second kappa shape index (κ2) is 8.11.